The summed E-state index contributed by atoms with van der Waals surface area (Å²) >= 11 is 0. The molecule has 0 spiro atoms. The number of carbonyl (C=O) groups is 1. The third-order valence-corrected chi connectivity index (χ3v) is 1.81. The van der Waals surface area contributed by atoms with E-state index >= 15 is 0 Å². The van der Waals surface area contributed by atoms with E-state index in [1.54, 1.807) is 13.8 Å². The fourth-order valence-corrected chi connectivity index (χ4v) is 1.19. The number of halogens is 1. The van der Waals surface area contributed by atoms with Gasteiger partial charge in [-0.15, -0.1) is 0 Å². The molecule has 0 saturated heterocycles. The molecule has 1 aromatic rings. The molecule has 0 atom stereocenters. The second kappa shape index (κ2) is 5.34. The summed E-state index contributed by atoms with van der Waals surface area (Å²) in [5.74, 6) is -0.343. The second-order valence-electron chi connectivity index (χ2n) is 2.78. The van der Waals surface area contributed by atoms with Gasteiger partial charge in [0.1, 0.15) is 0 Å². The van der Waals surface area contributed by atoms with E-state index in [-0.39, 0.29) is 11.3 Å². The quantitative estimate of drug-likeness (QED) is 0.703. The predicted molar refractivity (Wildman–Crippen MR) is 54.1 cm³/mol. The molecule has 0 saturated carbocycles. The molecular formula is C11H13FO3. The summed E-state index contributed by atoms with van der Waals surface area (Å²) in [5.41, 5.74) is -0.0260. The molecule has 0 bridgehead atoms. The van der Waals surface area contributed by atoms with Crippen LogP contribution in [-0.4, -0.2) is 19.5 Å². The average molecular weight is 212 g/mol. The van der Waals surface area contributed by atoms with Crippen LogP contribution in [0.1, 0.15) is 24.2 Å². The van der Waals surface area contributed by atoms with Gasteiger partial charge in [-0.1, -0.05) is 0 Å². The molecule has 0 radical (unpaired) electrons. The Morgan fingerprint density at radius 3 is 2.47 bits per heavy atom. The van der Waals surface area contributed by atoms with E-state index in [9.17, 15) is 9.18 Å². The van der Waals surface area contributed by atoms with Crippen LogP contribution in [0.2, 0.25) is 0 Å². The molecule has 0 N–H and O–H groups in total. The zero-order chi connectivity index (χ0) is 11.3. The Hall–Kier alpha value is -1.58. The highest BCUT2D eigenvalue weighted by Gasteiger charge is 2.14. The zero-order valence-electron chi connectivity index (χ0n) is 8.75. The topological polar surface area (TPSA) is 35.5 Å². The van der Waals surface area contributed by atoms with Crippen LogP contribution in [0.4, 0.5) is 4.39 Å². The molecule has 0 amide bonds. The maximum atomic E-state index is 13.6. The van der Waals surface area contributed by atoms with Gasteiger partial charge < -0.3 is 9.47 Å². The molecule has 3 nitrogen and oxygen atoms in total. The summed E-state index contributed by atoms with van der Waals surface area (Å²) in [6.07, 6.45) is 0.452. The van der Waals surface area contributed by atoms with E-state index in [1.165, 1.54) is 12.1 Å². The number of ether oxygens (including phenoxy) is 2. The van der Waals surface area contributed by atoms with Crippen LogP contribution >= 0.6 is 0 Å². The number of aldehydes is 1. The molecule has 1 rings (SSSR count). The summed E-state index contributed by atoms with van der Waals surface area (Å²) in [4.78, 5) is 10.5. The van der Waals surface area contributed by atoms with Crippen molar-refractivity contribution in [1.82, 2.24) is 0 Å². The highest BCUT2D eigenvalue weighted by Crippen LogP contribution is 2.31. The minimum absolute atomic E-state index is 0.00366. The van der Waals surface area contributed by atoms with Gasteiger partial charge in [-0.25, -0.2) is 4.39 Å². The van der Waals surface area contributed by atoms with Gasteiger partial charge in [0.25, 0.3) is 0 Å². The van der Waals surface area contributed by atoms with Gasteiger partial charge in [0.05, 0.1) is 18.8 Å². The number of rotatable bonds is 5. The molecule has 0 heterocycles. The first-order valence-electron chi connectivity index (χ1n) is 4.77. The van der Waals surface area contributed by atoms with Crippen molar-refractivity contribution in [2.24, 2.45) is 0 Å². The molecule has 82 valence electrons. The van der Waals surface area contributed by atoms with E-state index in [0.29, 0.717) is 25.2 Å². The molecule has 0 aliphatic heterocycles. The molecule has 1 aromatic carbocycles. The Kier molecular flexibility index (Phi) is 4.09. The first-order valence-corrected chi connectivity index (χ1v) is 4.77. The fraction of sp³-hybridized carbons (Fsp3) is 0.364. The number of hydrogen-bond acceptors (Lipinski definition) is 3. The van der Waals surface area contributed by atoms with E-state index in [2.05, 4.69) is 0 Å². The van der Waals surface area contributed by atoms with Gasteiger partial charge in [0.15, 0.2) is 23.6 Å². The van der Waals surface area contributed by atoms with Crippen molar-refractivity contribution in [2.45, 2.75) is 13.8 Å². The minimum atomic E-state index is -0.669. The highest BCUT2D eigenvalue weighted by atomic mass is 19.1. The maximum absolute atomic E-state index is 13.6. The Balaban J connectivity index is 3.17. The molecular weight excluding hydrogens is 199 g/mol. The normalized spacial score (nSPS) is 9.80. The summed E-state index contributed by atoms with van der Waals surface area (Å²) in [6.45, 7) is 4.27. The van der Waals surface area contributed by atoms with Crippen LogP contribution in [0.5, 0.6) is 11.5 Å². The lowest BCUT2D eigenvalue weighted by molar-refractivity contribution is 0.111. The SMILES string of the molecule is CCOc1ccc(C=O)c(F)c1OCC. The molecule has 15 heavy (non-hydrogen) atoms. The Morgan fingerprint density at radius 2 is 1.93 bits per heavy atom. The first-order chi connectivity index (χ1) is 7.24. The Bertz CT molecular complexity index is 350. The lowest BCUT2D eigenvalue weighted by Gasteiger charge is -2.12. The number of hydrogen-bond donors (Lipinski definition) is 0. The Labute approximate surface area is 87.8 Å². The van der Waals surface area contributed by atoms with E-state index in [1.807, 2.05) is 0 Å². The lowest BCUT2D eigenvalue weighted by atomic mass is 10.2. The second-order valence-corrected chi connectivity index (χ2v) is 2.78. The van der Waals surface area contributed by atoms with Crippen molar-refractivity contribution in [1.29, 1.82) is 0 Å². The molecule has 0 aromatic heterocycles. The fourth-order valence-electron chi connectivity index (χ4n) is 1.19. The van der Waals surface area contributed by atoms with Crippen LogP contribution in [-0.2, 0) is 0 Å². The van der Waals surface area contributed by atoms with Crippen molar-refractivity contribution in [2.75, 3.05) is 13.2 Å². The van der Waals surface area contributed by atoms with Crippen molar-refractivity contribution in [3.8, 4) is 11.5 Å². The summed E-state index contributed by atoms with van der Waals surface area (Å²) in [5, 5.41) is 0. The van der Waals surface area contributed by atoms with Crippen LogP contribution in [0, 0.1) is 5.82 Å². The van der Waals surface area contributed by atoms with Gasteiger partial charge in [0, 0.05) is 0 Å². The van der Waals surface area contributed by atoms with Crippen molar-refractivity contribution in [3.05, 3.63) is 23.5 Å². The smallest absolute Gasteiger partial charge is 0.197 e. The standard InChI is InChI=1S/C11H13FO3/c1-3-14-9-6-5-8(7-13)10(12)11(9)15-4-2/h5-7H,3-4H2,1-2H3. The van der Waals surface area contributed by atoms with Gasteiger partial charge in [0.2, 0.25) is 0 Å². The largest absolute Gasteiger partial charge is 0.490 e. The van der Waals surface area contributed by atoms with Gasteiger partial charge >= 0.3 is 0 Å². The summed E-state index contributed by atoms with van der Waals surface area (Å²) in [6, 6.07) is 2.90. The lowest BCUT2D eigenvalue weighted by Crippen LogP contribution is -2.02. The molecule has 0 aliphatic carbocycles. The summed E-state index contributed by atoms with van der Waals surface area (Å²) in [7, 11) is 0. The maximum Gasteiger partial charge on any atom is 0.197 e. The Morgan fingerprint density at radius 1 is 1.27 bits per heavy atom. The third kappa shape index (κ3) is 2.46. The van der Waals surface area contributed by atoms with Gasteiger partial charge in [-0.3, -0.25) is 4.79 Å². The molecule has 4 heteroatoms. The molecule has 0 unspecified atom stereocenters. The predicted octanol–water partition coefficient (Wildman–Crippen LogP) is 2.44. The summed E-state index contributed by atoms with van der Waals surface area (Å²) < 4.78 is 23.9. The molecule has 0 aliphatic rings. The van der Waals surface area contributed by atoms with Crippen LogP contribution < -0.4 is 9.47 Å². The zero-order valence-corrected chi connectivity index (χ0v) is 8.75. The van der Waals surface area contributed by atoms with Crippen molar-refractivity contribution < 1.29 is 18.7 Å². The van der Waals surface area contributed by atoms with Crippen LogP contribution in [0.15, 0.2) is 12.1 Å². The van der Waals surface area contributed by atoms with E-state index < -0.39 is 5.82 Å². The first kappa shape index (κ1) is 11.5. The van der Waals surface area contributed by atoms with E-state index in [4.69, 9.17) is 9.47 Å². The average Bonchev–Trinajstić information content (AvgIpc) is 2.24. The monoisotopic (exact) mass is 212 g/mol. The van der Waals surface area contributed by atoms with Crippen LogP contribution in [0.3, 0.4) is 0 Å². The minimum Gasteiger partial charge on any atom is -0.490 e. The van der Waals surface area contributed by atoms with Gasteiger partial charge in [-0.2, -0.15) is 0 Å². The highest BCUT2D eigenvalue weighted by molar-refractivity contribution is 5.77. The number of carbonyl (C=O) groups excluding carboxylic acids is 1. The van der Waals surface area contributed by atoms with Crippen LogP contribution in [0.25, 0.3) is 0 Å². The molecule has 0 fully saturated rings. The van der Waals surface area contributed by atoms with E-state index in [0.717, 1.165) is 0 Å². The van der Waals surface area contributed by atoms with Crippen molar-refractivity contribution >= 4 is 6.29 Å². The number of benzene rings is 1. The van der Waals surface area contributed by atoms with Gasteiger partial charge in [-0.05, 0) is 26.0 Å². The van der Waals surface area contributed by atoms with Crippen molar-refractivity contribution in [3.63, 3.8) is 0 Å². The third-order valence-electron chi connectivity index (χ3n) is 1.81.